The Hall–Kier alpha value is -1.79. The number of rotatable bonds is 5. The zero-order valence-corrected chi connectivity index (χ0v) is 13.3. The van der Waals surface area contributed by atoms with Crippen molar-refractivity contribution in [2.45, 2.75) is 18.7 Å². The quantitative estimate of drug-likeness (QED) is 0.885. The van der Waals surface area contributed by atoms with E-state index in [1.165, 1.54) is 12.3 Å². The van der Waals surface area contributed by atoms with Crippen LogP contribution in [0.2, 0.25) is 5.02 Å². The van der Waals surface area contributed by atoms with Gasteiger partial charge in [-0.3, -0.25) is 4.72 Å². The summed E-state index contributed by atoms with van der Waals surface area (Å²) < 4.78 is 27.2. The van der Waals surface area contributed by atoms with Crippen LogP contribution in [-0.4, -0.2) is 19.9 Å². The lowest BCUT2D eigenvalue weighted by atomic mass is 10.2. The first-order valence-electron chi connectivity index (χ1n) is 6.42. The topological polar surface area (TPSA) is 71.1 Å². The van der Waals surface area contributed by atoms with Gasteiger partial charge in [0, 0.05) is 17.8 Å². The molecule has 0 spiro atoms. The molecule has 112 valence electrons. The Kier molecular flexibility index (Phi) is 4.69. The molecule has 0 bridgehead atoms. The third-order valence-corrected chi connectivity index (χ3v) is 4.68. The Bertz CT molecular complexity index is 730. The molecular weight excluding hydrogens is 310 g/mol. The summed E-state index contributed by atoms with van der Waals surface area (Å²) >= 11 is 5.99. The van der Waals surface area contributed by atoms with Crippen LogP contribution in [0.25, 0.3) is 0 Å². The number of aromatic nitrogens is 1. The number of pyridine rings is 1. The molecule has 1 aromatic carbocycles. The monoisotopic (exact) mass is 325 g/mol. The smallest absolute Gasteiger partial charge is 0.263 e. The molecule has 0 amide bonds. The summed E-state index contributed by atoms with van der Waals surface area (Å²) in [7, 11) is -3.68. The number of anilines is 2. The molecule has 21 heavy (non-hydrogen) atoms. The highest BCUT2D eigenvalue weighted by molar-refractivity contribution is 7.92. The van der Waals surface area contributed by atoms with Crippen molar-refractivity contribution in [1.29, 1.82) is 0 Å². The standard InChI is InChI=1S/C14H16ClN3O2S/c1-3-16-14-8-7-11(9-17-14)21(19,20)18-13-6-4-5-12(15)10(13)2/h4-9,18H,3H2,1-2H3,(H,16,17). The first-order chi connectivity index (χ1) is 9.94. The van der Waals surface area contributed by atoms with Gasteiger partial charge in [-0.15, -0.1) is 0 Å². The van der Waals surface area contributed by atoms with E-state index in [0.29, 0.717) is 22.1 Å². The van der Waals surface area contributed by atoms with Gasteiger partial charge in [0.2, 0.25) is 0 Å². The lowest BCUT2D eigenvalue weighted by Gasteiger charge is -2.11. The average molecular weight is 326 g/mol. The van der Waals surface area contributed by atoms with Gasteiger partial charge in [0.1, 0.15) is 10.7 Å². The summed E-state index contributed by atoms with van der Waals surface area (Å²) in [6, 6.07) is 8.20. The Morgan fingerprint density at radius 1 is 1.24 bits per heavy atom. The fourth-order valence-electron chi connectivity index (χ4n) is 1.75. The normalized spacial score (nSPS) is 11.2. The summed E-state index contributed by atoms with van der Waals surface area (Å²) in [6.07, 6.45) is 1.32. The van der Waals surface area contributed by atoms with Crippen molar-refractivity contribution < 1.29 is 8.42 Å². The second-order valence-electron chi connectivity index (χ2n) is 4.43. The predicted molar refractivity (Wildman–Crippen MR) is 85.4 cm³/mol. The molecule has 0 fully saturated rings. The SMILES string of the molecule is CCNc1ccc(S(=O)(=O)Nc2cccc(Cl)c2C)cn1. The van der Waals surface area contributed by atoms with Crippen LogP contribution in [0, 0.1) is 6.92 Å². The summed E-state index contributed by atoms with van der Waals surface area (Å²) in [5.74, 6) is 0.635. The Morgan fingerprint density at radius 2 is 2.00 bits per heavy atom. The molecule has 0 saturated heterocycles. The third kappa shape index (κ3) is 3.65. The molecule has 5 nitrogen and oxygen atoms in total. The van der Waals surface area contributed by atoms with Gasteiger partial charge in [0.05, 0.1) is 5.69 Å². The van der Waals surface area contributed by atoms with Crippen molar-refractivity contribution in [3.63, 3.8) is 0 Å². The summed E-state index contributed by atoms with van der Waals surface area (Å²) in [4.78, 5) is 4.16. The van der Waals surface area contributed by atoms with Crippen molar-refractivity contribution >= 4 is 33.1 Å². The molecule has 0 unspecified atom stereocenters. The van der Waals surface area contributed by atoms with Gasteiger partial charge in [-0.2, -0.15) is 0 Å². The summed E-state index contributed by atoms with van der Waals surface area (Å²) in [6.45, 7) is 4.42. The zero-order chi connectivity index (χ0) is 15.5. The van der Waals surface area contributed by atoms with Crippen molar-refractivity contribution in [1.82, 2.24) is 4.98 Å². The first kappa shape index (κ1) is 15.6. The number of halogens is 1. The number of nitrogens with zero attached hydrogens (tertiary/aromatic N) is 1. The summed E-state index contributed by atoms with van der Waals surface area (Å²) in [5, 5.41) is 3.52. The number of nitrogens with one attached hydrogen (secondary N) is 2. The number of hydrogen-bond donors (Lipinski definition) is 2. The minimum absolute atomic E-state index is 0.100. The van der Waals surface area contributed by atoms with Gasteiger partial charge in [0.15, 0.2) is 0 Å². The van der Waals surface area contributed by atoms with Crippen LogP contribution < -0.4 is 10.0 Å². The molecule has 0 radical (unpaired) electrons. The molecule has 0 aliphatic heterocycles. The maximum absolute atomic E-state index is 12.3. The van der Waals surface area contributed by atoms with Crippen LogP contribution in [0.3, 0.4) is 0 Å². The molecule has 1 heterocycles. The number of hydrogen-bond acceptors (Lipinski definition) is 4. The van der Waals surface area contributed by atoms with Gasteiger partial charge in [-0.1, -0.05) is 17.7 Å². The fourth-order valence-corrected chi connectivity index (χ4v) is 2.99. The van der Waals surface area contributed by atoms with Crippen LogP contribution in [0.5, 0.6) is 0 Å². The number of benzene rings is 1. The van der Waals surface area contributed by atoms with Crippen LogP contribution in [0.4, 0.5) is 11.5 Å². The van der Waals surface area contributed by atoms with E-state index < -0.39 is 10.0 Å². The Labute approximate surface area is 129 Å². The molecule has 2 rings (SSSR count). The van der Waals surface area contributed by atoms with E-state index in [2.05, 4.69) is 15.0 Å². The lowest BCUT2D eigenvalue weighted by molar-refractivity contribution is 0.601. The van der Waals surface area contributed by atoms with Crippen LogP contribution >= 0.6 is 11.6 Å². The second kappa shape index (κ2) is 6.32. The van der Waals surface area contributed by atoms with Gasteiger partial charge in [-0.25, -0.2) is 13.4 Å². The minimum atomic E-state index is -3.68. The molecule has 0 aliphatic rings. The largest absolute Gasteiger partial charge is 0.370 e. The highest BCUT2D eigenvalue weighted by atomic mass is 35.5. The van der Waals surface area contributed by atoms with Gasteiger partial charge >= 0.3 is 0 Å². The van der Waals surface area contributed by atoms with E-state index in [1.807, 2.05) is 6.92 Å². The molecule has 1 aromatic heterocycles. The Morgan fingerprint density at radius 3 is 2.62 bits per heavy atom. The van der Waals surface area contributed by atoms with Gasteiger partial charge in [-0.05, 0) is 43.7 Å². The van der Waals surface area contributed by atoms with E-state index in [-0.39, 0.29) is 4.90 Å². The van der Waals surface area contributed by atoms with Crippen LogP contribution in [0.1, 0.15) is 12.5 Å². The predicted octanol–water partition coefficient (Wildman–Crippen LogP) is 3.28. The van der Waals surface area contributed by atoms with Crippen molar-refractivity contribution in [3.8, 4) is 0 Å². The van der Waals surface area contributed by atoms with Crippen LogP contribution in [-0.2, 0) is 10.0 Å². The lowest BCUT2D eigenvalue weighted by Crippen LogP contribution is -2.14. The molecule has 0 atom stereocenters. The highest BCUT2D eigenvalue weighted by Crippen LogP contribution is 2.25. The molecule has 2 N–H and O–H groups in total. The van der Waals surface area contributed by atoms with Gasteiger partial charge < -0.3 is 5.32 Å². The minimum Gasteiger partial charge on any atom is -0.370 e. The van der Waals surface area contributed by atoms with Crippen molar-refractivity contribution in [3.05, 3.63) is 47.1 Å². The maximum Gasteiger partial charge on any atom is 0.263 e. The first-order valence-corrected chi connectivity index (χ1v) is 8.28. The molecular formula is C14H16ClN3O2S. The second-order valence-corrected chi connectivity index (χ2v) is 6.52. The van der Waals surface area contributed by atoms with E-state index in [9.17, 15) is 8.42 Å². The Balaban J connectivity index is 2.27. The fraction of sp³-hybridized carbons (Fsp3) is 0.214. The number of sulfonamides is 1. The van der Waals surface area contributed by atoms with Crippen molar-refractivity contribution in [2.75, 3.05) is 16.6 Å². The third-order valence-electron chi connectivity index (χ3n) is 2.92. The molecule has 2 aromatic rings. The van der Waals surface area contributed by atoms with Crippen LogP contribution in [0.15, 0.2) is 41.4 Å². The van der Waals surface area contributed by atoms with E-state index >= 15 is 0 Å². The zero-order valence-electron chi connectivity index (χ0n) is 11.7. The van der Waals surface area contributed by atoms with E-state index in [4.69, 9.17) is 11.6 Å². The van der Waals surface area contributed by atoms with Gasteiger partial charge in [0.25, 0.3) is 10.0 Å². The average Bonchev–Trinajstić information content (AvgIpc) is 2.45. The molecule has 7 heteroatoms. The summed E-state index contributed by atoms with van der Waals surface area (Å²) in [5.41, 5.74) is 1.14. The van der Waals surface area contributed by atoms with E-state index in [0.717, 1.165) is 6.54 Å². The molecule has 0 aliphatic carbocycles. The maximum atomic E-state index is 12.3. The van der Waals surface area contributed by atoms with Crippen molar-refractivity contribution in [2.24, 2.45) is 0 Å². The molecule has 0 saturated carbocycles. The van der Waals surface area contributed by atoms with E-state index in [1.54, 1.807) is 31.2 Å². The highest BCUT2D eigenvalue weighted by Gasteiger charge is 2.16.